The van der Waals surface area contributed by atoms with Crippen LogP contribution in [0.4, 0.5) is 11.4 Å². The van der Waals surface area contributed by atoms with Crippen molar-refractivity contribution in [3.8, 4) is 11.5 Å². The first-order chi connectivity index (χ1) is 13.7. The number of carbonyl (C=O) groups is 1. The molecule has 7 nitrogen and oxygen atoms in total. The molecule has 0 atom stereocenters. The van der Waals surface area contributed by atoms with Gasteiger partial charge in [-0.05, 0) is 36.6 Å². The normalized spacial score (nSPS) is 15.6. The Labute approximate surface area is 187 Å². The second kappa shape index (κ2) is 9.82. The zero-order valence-corrected chi connectivity index (χ0v) is 18.4. The van der Waals surface area contributed by atoms with Gasteiger partial charge in [0.15, 0.2) is 17.5 Å². The number of anilines is 2. The Hall–Kier alpha value is -2.49. The first-order valence-electron chi connectivity index (χ1n) is 9.55. The molecular weight excluding hydrogens is 483 g/mol. The summed E-state index contributed by atoms with van der Waals surface area (Å²) in [6, 6.07) is 13.5. The van der Waals surface area contributed by atoms with Crippen LogP contribution in [0.5, 0.6) is 11.5 Å². The lowest BCUT2D eigenvalue weighted by Crippen LogP contribution is -2.37. The summed E-state index contributed by atoms with van der Waals surface area (Å²) in [5, 5.41) is 3.01. The molecule has 0 fully saturated rings. The van der Waals surface area contributed by atoms with Gasteiger partial charge >= 0.3 is 0 Å². The number of nitrogens with two attached hydrogens (primary N) is 1. The van der Waals surface area contributed by atoms with Crippen LogP contribution >= 0.6 is 24.0 Å². The molecule has 2 aromatic rings. The number of fused-ring (bicyclic) bond motifs is 2. The molecule has 0 aromatic heterocycles. The van der Waals surface area contributed by atoms with Gasteiger partial charge in [0, 0.05) is 30.4 Å². The maximum Gasteiger partial charge on any atom is 0.248 e. The molecule has 0 spiro atoms. The number of benzene rings is 2. The summed E-state index contributed by atoms with van der Waals surface area (Å²) in [5.74, 6) is 1.53. The van der Waals surface area contributed by atoms with Gasteiger partial charge in [-0.3, -0.25) is 4.79 Å². The zero-order chi connectivity index (χ0) is 19.3. The lowest BCUT2D eigenvalue weighted by atomic mass is 10.0. The average molecular weight is 508 g/mol. The fourth-order valence-electron chi connectivity index (χ4n) is 3.46. The van der Waals surface area contributed by atoms with Crippen LogP contribution in [0, 0.1) is 0 Å². The molecule has 1 amide bonds. The molecule has 0 bridgehead atoms. The minimum atomic E-state index is -0.0597. The maximum absolute atomic E-state index is 12.6. The number of aliphatic imine (C=N–C) groups is 1. The third kappa shape index (κ3) is 5.11. The van der Waals surface area contributed by atoms with E-state index >= 15 is 0 Å². The Morgan fingerprint density at radius 3 is 2.76 bits per heavy atom. The number of ether oxygens (including phenoxy) is 2. The number of carbonyl (C=O) groups excluding carboxylic acids is 1. The number of amides is 1. The number of rotatable bonds is 3. The first-order valence-corrected chi connectivity index (χ1v) is 9.55. The van der Waals surface area contributed by atoms with Gasteiger partial charge in [-0.25, -0.2) is 4.99 Å². The standard InChI is InChI=1S/C21H24N4O3.HI/c22-21(24-16-8-9-18-19(13-16)28-12-4-11-27-18)23-14-20(26)25-10-3-6-15-5-1-2-7-17(15)25;/h1-2,5,7-9,13H,3-4,6,10-12,14H2,(H3,22,23,24);1H. The highest BCUT2D eigenvalue weighted by Gasteiger charge is 2.21. The van der Waals surface area contributed by atoms with E-state index in [0.29, 0.717) is 25.5 Å². The van der Waals surface area contributed by atoms with Crippen molar-refractivity contribution in [1.82, 2.24) is 0 Å². The van der Waals surface area contributed by atoms with Crippen LogP contribution < -0.4 is 25.4 Å². The number of aryl methyl sites for hydroxylation is 1. The van der Waals surface area contributed by atoms with Crippen molar-refractivity contribution in [2.75, 3.05) is 36.5 Å². The van der Waals surface area contributed by atoms with Gasteiger partial charge in [0.25, 0.3) is 0 Å². The SMILES string of the molecule is I.NC(=NCC(=O)N1CCCc2ccccc21)Nc1ccc2c(c1)OCCCO2. The Bertz CT molecular complexity index is 903. The van der Waals surface area contributed by atoms with Gasteiger partial charge in [0.05, 0.1) is 13.2 Å². The van der Waals surface area contributed by atoms with Gasteiger partial charge in [-0.15, -0.1) is 24.0 Å². The molecule has 29 heavy (non-hydrogen) atoms. The third-order valence-corrected chi connectivity index (χ3v) is 4.82. The molecule has 0 saturated heterocycles. The molecule has 3 N–H and O–H groups in total. The summed E-state index contributed by atoms with van der Waals surface area (Å²) in [6.45, 7) is 1.97. The highest BCUT2D eigenvalue weighted by Crippen LogP contribution is 2.32. The minimum absolute atomic E-state index is 0. The van der Waals surface area contributed by atoms with Gasteiger partial charge in [-0.2, -0.15) is 0 Å². The highest BCUT2D eigenvalue weighted by molar-refractivity contribution is 14.0. The molecule has 0 aliphatic carbocycles. The summed E-state index contributed by atoms with van der Waals surface area (Å²) in [6.07, 6.45) is 2.80. The van der Waals surface area contributed by atoms with Crippen LogP contribution in [0.25, 0.3) is 0 Å². The van der Waals surface area contributed by atoms with E-state index in [-0.39, 0.29) is 42.4 Å². The molecule has 0 saturated carbocycles. The summed E-state index contributed by atoms with van der Waals surface area (Å²) in [7, 11) is 0. The first kappa shape index (κ1) is 21.2. The van der Waals surface area contributed by atoms with Crippen molar-refractivity contribution in [2.45, 2.75) is 19.3 Å². The summed E-state index contributed by atoms with van der Waals surface area (Å²) < 4.78 is 11.3. The summed E-state index contributed by atoms with van der Waals surface area (Å²) >= 11 is 0. The second-order valence-electron chi connectivity index (χ2n) is 6.82. The van der Waals surface area contributed by atoms with Crippen LogP contribution in [0.15, 0.2) is 47.5 Å². The molecule has 0 unspecified atom stereocenters. The molecule has 2 aromatic carbocycles. The van der Waals surface area contributed by atoms with Gasteiger partial charge < -0.3 is 25.4 Å². The maximum atomic E-state index is 12.6. The Kier molecular flexibility index (Phi) is 7.18. The minimum Gasteiger partial charge on any atom is -0.490 e. The van der Waals surface area contributed by atoms with Crippen LogP contribution in [0.1, 0.15) is 18.4 Å². The second-order valence-corrected chi connectivity index (χ2v) is 6.82. The van der Waals surface area contributed by atoms with E-state index < -0.39 is 0 Å². The molecule has 154 valence electrons. The van der Waals surface area contributed by atoms with Crippen molar-refractivity contribution >= 4 is 47.2 Å². The van der Waals surface area contributed by atoms with Gasteiger partial charge in [0.2, 0.25) is 5.91 Å². The van der Waals surface area contributed by atoms with Crippen molar-refractivity contribution < 1.29 is 14.3 Å². The Morgan fingerprint density at radius 2 is 1.90 bits per heavy atom. The topological polar surface area (TPSA) is 89.2 Å². The monoisotopic (exact) mass is 508 g/mol. The molecule has 2 aliphatic rings. The molecule has 0 radical (unpaired) electrons. The zero-order valence-electron chi connectivity index (χ0n) is 16.1. The number of hydrogen-bond donors (Lipinski definition) is 2. The largest absolute Gasteiger partial charge is 0.490 e. The number of nitrogens with zero attached hydrogens (tertiary/aromatic N) is 2. The van der Waals surface area contributed by atoms with E-state index in [1.165, 1.54) is 5.56 Å². The molecule has 4 rings (SSSR count). The number of guanidine groups is 1. The lowest BCUT2D eigenvalue weighted by Gasteiger charge is -2.29. The number of halogens is 1. The third-order valence-electron chi connectivity index (χ3n) is 4.82. The fourth-order valence-corrected chi connectivity index (χ4v) is 3.46. The fraction of sp³-hybridized carbons (Fsp3) is 0.333. The Balaban J connectivity index is 0.00000240. The lowest BCUT2D eigenvalue weighted by molar-refractivity contribution is -0.117. The predicted octanol–water partition coefficient (Wildman–Crippen LogP) is 3.17. The van der Waals surface area contributed by atoms with Crippen LogP contribution in [-0.2, 0) is 11.2 Å². The molecule has 2 aliphatic heterocycles. The highest BCUT2D eigenvalue weighted by atomic mass is 127. The average Bonchev–Trinajstić information content (AvgIpc) is 2.96. The molecule has 2 heterocycles. The van der Waals surface area contributed by atoms with Crippen LogP contribution in [-0.4, -0.2) is 38.2 Å². The van der Waals surface area contributed by atoms with Crippen LogP contribution in [0.2, 0.25) is 0 Å². The van der Waals surface area contributed by atoms with Crippen LogP contribution in [0.3, 0.4) is 0 Å². The quantitative estimate of drug-likeness (QED) is 0.378. The van der Waals surface area contributed by atoms with E-state index in [1.807, 2.05) is 36.4 Å². The predicted molar refractivity (Wildman–Crippen MR) is 125 cm³/mol. The van der Waals surface area contributed by atoms with E-state index in [4.69, 9.17) is 15.2 Å². The number of para-hydroxylation sites is 1. The van der Waals surface area contributed by atoms with E-state index in [2.05, 4.69) is 16.4 Å². The molecular formula is C21H25IN4O3. The van der Waals surface area contributed by atoms with Gasteiger partial charge in [-0.1, -0.05) is 18.2 Å². The van der Waals surface area contributed by atoms with E-state index in [9.17, 15) is 4.79 Å². The summed E-state index contributed by atoms with van der Waals surface area (Å²) in [5.41, 5.74) is 8.89. The van der Waals surface area contributed by atoms with E-state index in [0.717, 1.165) is 36.4 Å². The van der Waals surface area contributed by atoms with Crippen molar-refractivity contribution in [1.29, 1.82) is 0 Å². The van der Waals surface area contributed by atoms with Crippen molar-refractivity contribution in [3.05, 3.63) is 48.0 Å². The van der Waals surface area contributed by atoms with Crippen molar-refractivity contribution in [2.24, 2.45) is 10.7 Å². The Morgan fingerprint density at radius 1 is 1.10 bits per heavy atom. The number of nitrogens with one attached hydrogen (secondary N) is 1. The summed E-state index contributed by atoms with van der Waals surface area (Å²) in [4.78, 5) is 18.7. The van der Waals surface area contributed by atoms with Gasteiger partial charge in [0.1, 0.15) is 6.54 Å². The number of hydrogen-bond acceptors (Lipinski definition) is 4. The van der Waals surface area contributed by atoms with E-state index in [1.54, 1.807) is 4.90 Å². The molecule has 8 heteroatoms. The smallest absolute Gasteiger partial charge is 0.248 e. The van der Waals surface area contributed by atoms with Crippen molar-refractivity contribution in [3.63, 3.8) is 0 Å².